The van der Waals surface area contributed by atoms with E-state index in [1.807, 2.05) is 32.0 Å². The van der Waals surface area contributed by atoms with E-state index >= 15 is 0 Å². The first-order valence-electron chi connectivity index (χ1n) is 13.2. The Morgan fingerprint density at radius 1 is 1.15 bits per heavy atom. The lowest BCUT2D eigenvalue weighted by molar-refractivity contribution is 0.0405. The number of halogens is 1. The number of anilines is 4. The van der Waals surface area contributed by atoms with Gasteiger partial charge in [0.05, 0.1) is 43.3 Å². The molecule has 0 saturated carbocycles. The van der Waals surface area contributed by atoms with Gasteiger partial charge in [0.1, 0.15) is 22.3 Å². The maximum absolute atomic E-state index is 12.8. The quantitative estimate of drug-likeness (QED) is 0.116. The number of nitrogens with one attached hydrogen (secondary N) is 2. The molecule has 1 amide bonds. The van der Waals surface area contributed by atoms with Gasteiger partial charge >= 0.3 is 0 Å². The third-order valence-corrected chi connectivity index (χ3v) is 7.49. The van der Waals surface area contributed by atoms with Crippen LogP contribution in [0.15, 0.2) is 35.6 Å². The van der Waals surface area contributed by atoms with Gasteiger partial charge in [0.25, 0.3) is 5.91 Å². The molecule has 4 rings (SSSR count). The number of nitrogens with zero attached hydrogens (tertiary/aromatic N) is 8. The molecule has 1 aliphatic heterocycles. The second-order valence-electron chi connectivity index (χ2n) is 9.21. The van der Waals surface area contributed by atoms with Gasteiger partial charge < -0.3 is 25.0 Å². The minimum Gasteiger partial charge on any atom is -0.379 e. The van der Waals surface area contributed by atoms with Crippen molar-refractivity contribution in [3.05, 3.63) is 62.2 Å². The molecule has 0 bridgehead atoms. The highest BCUT2D eigenvalue weighted by Crippen LogP contribution is 2.28. The molecule has 0 atom stereocenters. The maximum Gasteiger partial charge on any atom is 0.267 e. The largest absolute Gasteiger partial charge is 0.379 e. The number of piperazine rings is 1. The van der Waals surface area contributed by atoms with Crippen molar-refractivity contribution in [2.75, 3.05) is 81.2 Å². The molecule has 41 heavy (non-hydrogen) atoms. The molecule has 2 N–H and O–H groups in total. The normalized spacial score (nSPS) is 13.6. The van der Waals surface area contributed by atoms with Crippen LogP contribution in [0.25, 0.3) is 10.4 Å². The van der Waals surface area contributed by atoms with Crippen molar-refractivity contribution >= 4 is 51.3 Å². The minimum absolute atomic E-state index is 0.273. The highest BCUT2D eigenvalue weighted by atomic mass is 35.5. The molecule has 3 aromatic rings. The zero-order valence-corrected chi connectivity index (χ0v) is 24.6. The second-order valence-corrected chi connectivity index (χ2v) is 10.6. The van der Waals surface area contributed by atoms with Crippen LogP contribution in [0.4, 0.5) is 22.5 Å². The fraction of sp³-hybridized carbons (Fsp3) is 0.462. The minimum atomic E-state index is -0.273. The number of carbonyl (C=O) groups is 1. The molecule has 0 spiro atoms. The van der Waals surface area contributed by atoms with Crippen LogP contribution in [0.1, 0.15) is 21.1 Å². The van der Waals surface area contributed by atoms with Crippen LogP contribution < -0.4 is 15.5 Å². The Labute approximate surface area is 247 Å². The van der Waals surface area contributed by atoms with Gasteiger partial charge in [0.2, 0.25) is 0 Å². The van der Waals surface area contributed by atoms with Crippen molar-refractivity contribution < 1.29 is 14.3 Å². The van der Waals surface area contributed by atoms with Crippen LogP contribution in [0, 0.1) is 13.8 Å². The third kappa shape index (κ3) is 9.25. The van der Waals surface area contributed by atoms with Crippen molar-refractivity contribution in [1.29, 1.82) is 0 Å². The summed E-state index contributed by atoms with van der Waals surface area (Å²) in [5.41, 5.74) is 9.71. The molecule has 1 fully saturated rings. The molecular weight excluding hydrogens is 568 g/mol. The summed E-state index contributed by atoms with van der Waals surface area (Å²) in [6.07, 6.45) is 1.53. The Morgan fingerprint density at radius 3 is 2.68 bits per heavy atom. The molecule has 15 heteroatoms. The van der Waals surface area contributed by atoms with Gasteiger partial charge in [-0.1, -0.05) is 40.2 Å². The third-order valence-electron chi connectivity index (χ3n) is 6.27. The summed E-state index contributed by atoms with van der Waals surface area (Å²) >= 11 is 7.49. The highest BCUT2D eigenvalue weighted by molar-refractivity contribution is 7.17. The first-order valence-corrected chi connectivity index (χ1v) is 14.4. The van der Waals surface area contributed by atoms with Gasteiger partial charge in [-0.2, -0.15) is 0 Å². The number of thiazole rings is 1. The lowest BCUT2D eigenvalue weighted by Crippen LogP contribution is -2.47. The van der Waals surface area contributed by atoms with Crippen molar-refractivity contribution in [3.63, 3.8) is 0 Å². The number of rotatable bonds is 14. The van der Waals surface area contributed by atoms with Gasteiger partial charge in [-0.25, -0.2) is 15.0 Å². The molecule has 1 saturated heterocycles. The standard InChI is InChI=1S/C26H33ClN10O3S/c1-18-4-3-5-20(27)24(18)34-25(38)21-17-29-26(41-21)33-22-16-23(32-19(2)31-22)37-9-7-36(8-10-37)11-13-40-15-14-39-12-6-30-35-28/h3-5,16-17H,6-15H2,1-2H3,(H,34,38)(H,29,31,32,33). The average molecular weight is 601 g/mol. The van der Waals surface area contributed by atoms with Crippen LogP contribution >= 0.6 is 22.9 Å². The number of aromatic nitrogens is 3. The lowest BCUT2D eigenvalue weighted by atomic mass is 10.2. The fourth-order valence-corrected chi connectivity index (χ4v) is 5.14. The smallest absolute Gasteiger partial charge is 0.267 e. The van der Waals surface area contributed by atoms with E-state index in [4.69, 9.17) is 26.6 Å². The lowest BCUT2D eigenvalue weighted by Gasteiger charge is -2.35. The number of hydrogen-bond donors (Lipinski definition) is 2. The van der Waals surface area contributed by atoms with Gasteiger partial charge in [-0.05, 0) is 31.0 Å². The number of azide groups is 1. The molecule has 13 nitrogen and oxygen atoms in total. The van der Waals surface area contributed by atoms with Crippen molar-refractivity contribution in [3.8, 4) is 0 Å². The molecule has 3 heterocycles. The monoisotopic (exact) mass is 600 g/mol. The molecule has 1 aliphatic rings. The van der Waals surface area contributed by atoms with Crippen molar-refractivity contribution in [2.24, 2.45) is 5.11 Å². The Kier molecular flexibility index (Phi) is 11.5. The van der Waals surface area contributed by atoms with E-state index in [-0.39, 0.29) is 5.91 Å². The number of benzene rings is 1. The zero-order chi connectivity index (χ0) is 29.0. The summed E-state index contributed by atoms with van der Waals surface area (Å²) in [6, 6.07) is 7.38. The molecule has 218 valence electrons. The van der Waals surface area contributed by atoms with Gasteiger partial charge in [-0.3, -0.25) is 9.69 Å². The van der Waals surface area contributed by atoms with E-state index in [0.29, 0.717) is 65.3 Å². The predicted molar refractivity (Wildman–Crippen MR) is 161 cm³/mol. The number of hydrogen-bond acceptors (Lipinski definition) is 11. The summed E-state index contributed by atoms with van der Waals surface area (Å²) in [5, 5.41) is 10.6. The highest BCUT2D eigenvalue weighted by Gasteiger charge is 2.20. The summed E-state index contributed by atoms with van der Waals surface area (Å²) in [6.45, 7) is 10.4. The Bertz CT molecular complexity index is 1340. The number of amides is 1. The Balaban J connectivity index is 1.24. The number of carbonyl (C=O) groups excluding carboxylic acids is 1. The summed E-state index contributed by atoms with van der Waals surface area (Å²) in [7, 11) is 0. The first-order chi connectivity index (χ1) is 19.9. The van der Waals surface area contributed by atoms with E-state index in [9.17, 15) is 4.79 Å². The van der Waals surface area contributed by atoms with E-state index in [1.54, 1.807) is 6.07 Å². The molecule has 0 radical (unpaired) electrons. The van der Waals surface area contributed by atoms with E-state index in [0.717, 1.165) is 44.1 Å². The predicted octanol–water partition coefficient (Wildman–Crippen LogP) is 4.66. The van der Waals surface area contributed by atoms with E-state index in [2.05, 4.69) is 45.4 Å². The Morgan fingerprint density at radius 2 is 1.93 bits per heavy atom. The zero-order valence-electron chi connectivity index (χ0n) is 23.0. The summed E-state index contributed by atoms with van der Waals surface area (Å²) in [5.74, 6) is 1.84. The first kappa shape index (κ1) is 30.4. The average Bonchev–Trinajstić information content (AvgIpc) is 3.43. The fourth-order valence-electron chi connectivity index (χ4n) is 4.16. The molecule has 2 aromatic heterocycles. The number of aryl methyl sites for hydroxylation is 2. The topological polar surface area (TPSA) is 154 Å². The van der Waals surface area contributed by atoms with Crippen LogP contribution in [0.5, 0.6) is 0 Å². The summed E-state index contributed by atoms with van der Waals surface area (Å²) < 4.78 is 11.0. The van der Waals surface area contributed by atoms with E-state index < -0.39 is 0 Å². The van der Waals surface area contributed by atoms with Gasteiger partial charge in [-0.15, -0.1) is 0 Å². The van der Waals surface area contributed by atoms with Crippen molar-refractivity contribution in [2.45, 2.75) is 13.8 Å². The SMILES string of the molecule is Cc1nc(Nc2ncc(C(=O)Nc3c(C)cccc3Cl)s2)cc(N2CCN(CCOCCOCCN=[N+]=[N-])CC2)n1. The van der Waals surface area contributed by atoms with Gasteiger partial charge in [0.15, 0.2) is 5.13 Å². The van der Waals surface area contributed by atoms with Crippen LogP contribution in [-0.2, 0) is 9.47 Å². The number of ether oxygens (including phenoxy) is 2. The molecule has 0 aliphatic carbocycles. The molecular formula is C26H33ClN10O3S. The van der Waals surface area contributed by atoms with Gasteiger partial charge in [0, 0.05) is 50.2 Å². The summed E-state index contributed by atoms with van der Waals surface area (Å²) in [4.78, 5) is 34.0. The molecule has 0 unspecified atom stereocenters. The maximum atomic E-state index is 12.8. The number of para-hydroxylation sites is 1. The molecule has 1 aromatic carbocycles. The second kappa shape index (κ2) is 15.5. The van der Waals surface area contributed by atoms with E-state index in [1.165, 1.54) is 17.5 Å². The Hall–Kier alpha value is -3.52. The van der Waals surface area contributed by atoms with Crippen LogP contribution in [0.2, 0.25) is 5.02 Å². The van der Waals surface area contributed by atoms with Crippen molar-refractivity contribution in [1.82, 2.24) is 19.9 Å². The van der Waals surface area contributed by atoms with Crippen LogP contribution in [-0.4, -0.2) is 91.5 Å². The van der Waals surface area contributed by atoms with Crippen LogP contribution in [0.3, 0.4) is 0 Å².